The summed E-state index contributed by atoms with van der Waals surface area (Å²) in [5.74, 6) is 0.333. The number of aryl methyl sites for hydroxylation is 1. The lowest BCUT2D eigenvalue weighted by atomic mass is 10.2. The van der Waals surface area contributed by atoms with Gasteiger partial charge in [0.15, 0.2) is 5.17 Å². The standard InChI is InChI=1S/C25H24F3N3OS/c1-18-8-10-19(11-9-18)17-33-24(30-21-6-4-3-5-7-21)29-16-23(32)31(2)22-14-12-20(13-15-22)25(26,27)28/h3-15H,16-17H2,1-2H3,(H,29,30). The molecule has 0 saturated carbocycles. The third-order valence-electron chi connectivity index (χ3n) is 4.84. The van der Waals surface area contributed by atoms with E-state index >= 15 is 0 Å². The van der Waals surface area contributed by atoms with E-state index in [9.17, 15) is 18.0 Å². The summed E-state index contributed by atoms with van der Waals surface area (Å²) in [5, 5.41) is 3.82. The summed E-state index contributed by atoms with van der Waals surface area (Å²) in [6.45, 7) is 1.88. The number of amides is 1. The average molecular weight is 472 g/mol. The topological polar surface area (TPSA) is 44.7 Å². The van der Waals surface area contributed by atoms with Gasteiger partial charge in [0.25, 0.3) is 0 Å². The third kappa shape index (κ3) is 7.39. The molecule has 3 aromatic carbocycles. The number of alkyl halides is 3. The summed E-state index contributed by atoms with van der Waals surface area (Å²) in [5.41, 5.74) is 2.76. The van der Waals surface area contributed by atoms with Gasteiger partial charge in [-0.05, 0) is 48.9 Å². The Hall–Kier alpha value is -3.26. The molecule has 0 fully saturated rings. The fourth-order valence-corrected chi connectivity index (χ4v) is 3.71. The Balaban J connectivity index is 1.69. The first-order valence-corrected chi connectivity index (χ1v) is 11.2. The highest BCUT2D eigenvalue weighted by Crippen LogP contribution is 2.30. The van der Waals surface area contributed by atoms with Crippen molar-refractivity contribution in [2.45, 2.75) is 18.9 Å². The highest BCUT2D eigenvalue weighted by molar-refractivity contribution is 8.13. The van der Waals surface area contributed by atoms with E-state index in [1.807, 2.05) is 61.5 Å². The van der Waals surface area contributed by atoms with Crippen LogP contribution in [0.15, 0.2) is 83.9 Å². The van der Waals surface area contributed by atoms with Crippen LogP contribution >= 0.6 is 11.8 Å². The van der Waals surface area contributed by atoms with Crippen LogP contribution in [0.1, 0.15) is 16.7 Å². The zero-order valence-electron chi connectivity index (χ0n) is 18.3. The van der Waals surface area contributed by atoms with Gasteiger partial charge in [0.1, 0.15) is 6.54 Å². The lowest BCUT2D eigenvalue weighted by Gasteiger charge is -2.18. The summed E-state index contributed by atoms with van der Waals surface area (Å²) in [4.78, 5) is 18.4. The van der Waals surface area contributed by atoms with Gasteiger partial charge in [-0.25, -0.2) is 0 Å². The van der Waals surface area contributed by atoms with E-state index in [1.165, 1.54) is 41.4 Å². The number of nitrogens with one attached hydrogen (secondary N) is 1. The summed E-state index contributed by atoms with van der Waals surface area (Å²) in [6, 6.07) is 22.2. The second-order valence-electron chi connectivity index (χ2n) is 7.38. The number of hydrogen-bond donors (Lipinski definition) is 1. The maximum Gasteiger partial charge on any atom is 0.416 e. The number of carbonyl (C=O) groups excluding carboxylic acids is 1. The van der Waals surface area contributed by atoms with Crippen molar-refractivity contribution in [3.05, 3.63) is 95.6 Å². The Morgan fingerprint density at radius 3 is 2.21 bits per heavy atom. The van der Waals surface area contributed by atoms with E-state index in [-0.39, 0.29) is 12.5 Å². The van der Waals surface area contributed by atoms with E-state index < -0.39 is 11.7 Å². The van der Waals surface area contributed by atoms with Crippen LogP contribution in [0.25, 0.3) is 0 Å². The SMILES string of the molecule is Cc1ccc(CSC(=NCC(=O)N(C)c2ccc(C(F)(F)F)cc2)Nc2ccccc2)cc1. The number of anilines is 2. The molecule has 0 radical (unpaired) electrons. The molecule has 1 amide bonds. The number of hydrogen-bond acceptors (Lipinski definition) is 3. The van der Waals surface area contributed by atoms with Gasteiger partial charge in [-0.1, -0.05) is 59.8 Å². The Morgan fingerprint density at radius 2 is 1.61 bits per heavy atom. The molecule has 0 unspecified atom stereocenters. The number of nitrogens with zero attached hydrogens (tertiary/aromatic N) is 2. The Kier molecular flexibility index (Phi) is 8.16. The molecular formula is C25H24F3N3OS. The molecule has 0 aliphatic heterocycles. The number of amidine groups is 1. The summed E-state index contributed by atoms with van der Waals surface area (Å²) < 4.78 is 38.3. The molecule has 4 nitrogen and oxygen atoms in total. The van der Waals surface area contributed by atoms with Crippen LogP contribution in [0.4, 0.5) is 24.5 Å². The molecule has 33 heavy (non-hydrogen) atoms. The van der Waals surface area contributed by atoms with Crippen LogP contribution in [0.5, 0.6) is 0 Å². The third-order valence-corrected chi connectivity index (χ3v) is 5.82. The number of para-hydroxylation sites is 1. The van der Waals surface area contributed by atoms with Crippen LogP contribution in [0.3, 0.4) is 0 Å². The molecule has 172 valence electrons. The molecule has 0 spiro atoms. The van der Waals surface area contributed by atoms with E-state index in [4.69, 9.17) is 0 Å². The molecule has 0 aliphatic rings. The predicted octanol–water partition coefficient (Wildman–Crippen LogP) is 6.38. The molecule has 3 aromatic rings. The van der Waals surface area contributed by atoms with Gasteiger partial charge in [-0.15, -0.1) is 0 Å². The lowest BCUT2D eigenvalue weighted by Crippen LogP contribution is -2.29. The largest absolute Gasteiger partial charge is 0.416 e. The zero-order valence-corrected chi connectivity index (χ0v) is 19.1. The van der Waals surface area contributed by atoms with E-state index in [0.29, 0.717) is 16.6 Å². The second-order valence-corrected chi connectivity index (χ2v) is 8.35. The molecule has 1 N–H and O–H groups in total. The molecule has 0 atom stereocenters. The zero-order chi connectivity index (χ0) is 23.8. The van der Waals surface area contributed by atoms with E-state index in [0.717, 1.165) is 23.4 Å². The lowest BCUT2D eigenvalue weighted by molar-refractivity contribution is -0.137. The van der Waals surface area contributed by atoms with E-state index in [2.05, 4.69) is 10.3 Å². The summed E-state index contributed by atoms with van der Waals surface area (Å²) >= 11 is 1.47. The van der Waals surface area contributed by atoms with Crippen LogP contribution < -0.4 is 10.2 Å². The molecule has 0 bridgehead atoms. The number of aliphatic imine (C=N–C) groups is 1. The molecule has 0 heterocycles. The van der Waals surface area contributed by atoms with Crippen LogP contribution in [0.2, 0.25) is 0 Å². The Bertz CT molecular complexity index is 1080. The van der Waals surface area contributed by atoms with Crippen molar-refractivity contribution in [1.29, 1.82) is 0 Å². The summed E-state index contributed by atoms with van der Waals surface area (Å²) in [6.07, 6.45) is -4.42. The van der Waals surface area contributed by atoms with Gasteiger partial charge < -0.3 is 10.2 Å². The first-order chi connectivity index (χ1) is 15.7. The number of thioether (sulfide) groups is 1. The number of carbonyl (C=O) groups is 1. The predicted molar refractivity (Wildman–Crippen MR) is 130 cm³/mol. The van der Waals surface area contributed by atoms with Crippen molar-refractivity contribution in [3.8, 4) is 0 Å². The fourth-order valence-electron chi connectivity index (χ4n) is 2.87. The molecule has 0 saturated heterocycles. The van der Waals surface area contributed by atoms with Gasteiger partial charge >= 0.3 is 6.18 Å². The minimum atomic E-state index is -4.42. The average Bonchev–Trinajstić information content (AvgIpc) is 2.81. The quantitative estimate of drug-likeness (QED) is 0.335. The Morgan fingerprint density at radius 1 is 0.970 bits per heavy atom. The van der Waals surface area contributed by atoms with Crippen molar-refractivity contribution >= 4 is 34.2 Å². The molecular weight excluding hydrogens is 447 g/mol. The molecule has 3 rings (SSSR count). The minimum Gasteiger partial charge on any atom is -0.335 e. The van der Waals surface area contributed by atoms with Crippen molar-refractivity contribution in [2.75, 3.05) is 23.8 Å². The summed E-state index contributed by atoms with van der Waals surface area (Å²) in [7, 11) is 1.52. The van der Waals surface area contributed by atoms with Gasteiger partial charge in [-0.3, -0.25) is 9.79 Å². The first-order valence-electron chi connectivity index (χ1n) is 10.2. The number of halogens is 3. The first kappa shape index (κ1) is 24.4. The van der Waals surface area contributed by atoms with Crippen molar-refractivity contribution in [1.82, 2.24) is 0 Å². The highest BCUT2D eigenvalue weighted by atomic mass is 32.2. The monoisotopic (exact) mass is 471 g/mol. The van der Waals surface area contributed by atoms with Gasteiger partial charge in [-0.2, -0.15) is 13.2 Å². The van der Waals surface area contributed by atoms with Crippen molar-refractivity contribution < 1.29 is 18.0 Å². The normalized spacial score (nSPS) is 11.8. The maximum atomic E-state index is 12.8. The molecule has 0 aliphatic carbocycles. The smallest absolute Gasteiger partial charge is 0.335 e. The fraction of sp³-hybridized carbons (Fsp3) is 0.200. The van der Waals surface area contributed by atoms with Crippen molar-refractivity contribution in [3.63, 3.8) is 0 Å². The van der Waals surface area contributed by atoms with Crippen LogP contribution in [-0.4, -0.2) is 24.7 Å². The van der Waals surface area contributed by atoms with Gasteiger partial charge in [0, 0.05) is 24.2 Å². The van der Waals surface area contributed by atoms with Crippen molar-refractivity contribution in [2.24, 2.45) is 4.99 Å². The number of likely N-dealkylation sites (N-methyl/N-ethyl adjacent to an activating group) is 1. The van der Waals surface area contributed by atoms with Crippen LogP contribution in [-0.2, 0) is 16.7 Å². The number of rotatable bonds is 6. The number of benzene rings is 3. The molecule has 8 heteroatoms. The minimum absolute atomic E-state index is 0.145. The highest BCUT2D eigenvalue weighted by Gasteiger charge is 2.30. The van der Waals surface area contributed by atoms with Gasteiger partial charge in [0.05, 0.1) is 5.56 Å². The van der Waals surface area contributed by atoms with Crippen LogP contribution in [0, 0.1) is 6.92 Å². The Labute approximate surface area is 195 Å². The van der Waals surface area contributed by atoms with Gasteiger partial charge in [0.2, 0.25) is 5.91 Å². The van der Waals surface area contributed by atoms with E-state index in [1.54, 1.807) is 0 Å². The molecule has 0 aromatic heterocycles. The maximum absolute atomic E-state index is 12.8. The second kappa shape index (κ2) is 11.0.